The topological polar surface area (TPSA) is 88.1 Å². The molecule has 0 fully saturated rings. The van der Waals surface area contributed by atoms with E-state index < -0.39 is 12.0 Å². The highest BCUT2D eigenvalue weighted by Gasteiger charge is 2.30. The number of hydrogen-bond acceptors (Lipinski definition) is 5. The highest BCUT2D eigenvalue weighted by atomic mass is 16.5. The third-order valence-corrected chi connectivity index (χ3v) is 5.05. The first-order valence-electron chi connectivity index (χ1n) is 9.91. The summed E-state index contributed by atoms with van der Waals surface area (Å²) in [7, 11) is 0. The number of hydroxylamine groups is 1. The van der Waals surface area contributed by atoms with Gasteiger partial charge in [0, 0.05) is 23.2 Å². The minimum absolute atomic E-state index is 0.177. The van der Waals surface area contributed by atoms with Crippen LogP contribution < -0.4 is 15.0 Å². The Morgan fingerprint density at radius 1 is 1.00 bits per heavy atom. The SMILES string of the molecule is O=C(NO)c1ccc2c(c1)OCCN(C(=O)C(Oc1ccccc1)c1ccccc1)C2. The first-order valence-corrected chi connectivity index (χ1v) is 9.91. The van der Waals surface area contributed by atoms with Crippen LogP contribution >= 0.6 is 0 Å². The molecule has 1 atom stereocenters. The Bertz CT molecular complexity index is 1060. The van der Waals surface area contributed by atoms with Crippen molar-refractivity contribution < 1.29 is 24.3 Å². The van der Waals surface area contributed by atoms with Crippen molar-refractivity contribution in [1.82, 2.24) is 10.4 Å². The molecule has 0 aliphatic carbocycles. The summed E-state index contributed by atoms with van der Waals surface area (Å²) < 4.78 is 11.9. The fraction of sp³-hybridized carbons (Fsp3) is 0.167. The van der Waals surface area contributed by atoms with Crippen molar-refractivity contribution in [2.75, 3.05) is 13.2 Å². The molecule has 7 nitrogen and oxygen atoms in total. The fourth-order valence-electron chi connectivity index (χ4n) is 3.45. The van der Waals surface area contributed by atoms with Crippen molar-refractivity contribution in [3.05, 3.63) is 95.6 Å². The van der Waals surface area contributed by atoms with Gasteiger partial charge in [0.25, 0.3) is 11.8 Å². The zero-order valence-electron chi connectivity index (χ0n) is 16.7. The number of nitrogens with one attached hydrogen (secondary N) is 1. The van der Waals surface area contributed by atoms with Gasteiger partial charge in [-0.3, -0.25) is 14.8 Å². The number of fused-ring (bicyclic) bond motifs is 1. The van der Waals surface area contributed by atoms with Gasteiger partial charge in [-0.1, -0.05) is 54.6 Å². The maximum atomic E-state index is 13.5. The van der Waals surface area contributed by atoms with Gasteiger partial charge in [-0.2, -0.15) is 0 Å². The Kier molecular flexibility index (Phi) is 6.14. The highest BCUT2D eigenvalue weighted by Crippen LogP contribution is 2.28. The van der Waals surface area contributed by atoms with Gasteiger partial charge < -0.3 is 14.4 Å². The minimum Gasteiger partial charge on any atom is -0.491 e. The molecule has 1 aliphatic rings. The molecule has 2 amide bonds. The lowest BCUT2D eigenvalue weighted by Crippen LogP contribution is -2.38. The van der Waals surface area contributed by atoms with Gasteiger partial charge in [-0.25, -0.2) is 5.48 Å². The molecule has 7 heteroatoms. The standard InChI is InChI=1S/C24H22N2O5/c27-23(25-29)18-11-12-19-16-26(13-14-30-21(19)15-18)24(28)22(17-7-3-1-4-8-17)31-20-9-5-2-6-10-20/h1-12,15,22,29H,13-14,16H2,(H,25,27). The third-order valence-electron chi connectivity index (χ3n) is 5.05. The van der Waals surface area contributed by atoms with Crippen molar-refractivity contribution >= 4 is 11.8 Å². The van der Waals surface area contributed by atoms with Gasteiger partial charge in [-0.15, -0.1) is 0 Å². The van der Waals surface area contributed by atoms with Crippen molar-refractivity contribution in [1.29, 1.82) is 0 Å². The molecule has 1 heterocycles. The highest BCUT2D eigenvalue weighted by molar-refractivity contribution is 5.94. The fourth-order valence-corrected chi connectivity index (χ4v) is 3.45. The molecule has 0 aromatic heterocycles. The molecule has 0 spiro atoms. The molecular formula is C24H22N2O5. The minimum atomic E-state index is -0.801. The lowest BCUT2D eigenvalue weighted by atomic mass is 10.1. The quantitative estimate of drug-likeness (QED) is 0.490. The van der Waals surface area contributed by atoms with Gasteiger partial charge in [-0.05, 0) is 24.3 Å². The number of ether oxygens (including phenoxy) is 2. The van der Waals surface area contributed by atoms with Crippen LogP contribution in [0.2, 0.25) is 0 Å². The second kappa shape index (κ2) is 9.32. The maximum Gasteiger partial charge on any atom is 0.274 e. The molecule has 31 heavy (non-hydrogen) atoms. The van der Waals surface area contributed by atoms with E-state index in [4.69, 9.17) is 14.7 Å². The van der Waals surface area contributed by atoms with Crippen LogP contribution in [0.4, 0.5) is 0 Å². The Hall–Kier alpha value is -3.84. The molecule has 3 aromatic carbocycles. The molecule has 2 N–H and O–H groups in total. The van der Waals surface area contributed by atoms with E-state index in [1.807, 2.05) is 60.7 Å². The van der Waals surface area contributed by atoms with Crippen molar-refractivity contribution in [2.45, 2.75) is 12.6 Å². The van der Waals surface area contributed by atoms with Gasteiger partial charge in [0.05, 0.1) is 6.54 Å². The average Bonchev–Trinajstić information content (AvgIpc) is 3.05. The number of nitrogens with zero attached hydrogens (tertiary/aromatic N) is 1. The van der Waals surface area contributed by atoms with E-state index in [1.54, 1.807) is 28.6 Å². The van der Waals surface area contributed by atoms with E-state index in [0.29, 0.717) is 24.6 Å². The number of benzene rings is 3. The zero-order chi connectivity index (χ0) is 21.6. The molecule has 0 bridgehead atoms. The predicted molar refractivity (Wildman–Crippen MR) is 113 cm³/mol. The van der Waals surface area contributed by atoms with Crippen LogP contribution in [-0.2, 0) is 11.3 Å². The first-order chi connectivity index (χ1) is 15.2. The van der Waals surface area contributed by atoms with E-state index in [9.17, 15) is 9.59 Å². The summed E-state index contributed by atoms with van der Waals surface area (Å²) in [6.07, 6.45) is -0.801. The van der Waals surface area contributed by atoms with Crippen LogP contribution in [0.3, 0.4) is 0 Å². The van der Waals surface area contributed by atoms with Gasteiger partial charge in [0.1, 0.15) is 18.1 Å². The Labute approximate surface area is 179 Å². The van der Waals surface area contributed by atoms with Crippen LogP contribution in [0.15, 0.2) is 78.9 Å². The molecular weight excluding hydrogens is 396 g/mol. The number of carbonyl (C=O) groups excluding carboxylic acids is 2. The summed E-state index contributed by atoms with van der Waals surface area (Å²) in [5.41, 5.74) is 3.42. The lowest BCUT2D eigenvalue weighted by Gasteiger charge is -2.26. The molecule has 3 aromatic rings. The van der Waals surface area contributed by atoms with E-state index in [2.05, 4.69) is 0 Å². The monoisotopic (exact) mass is 418 g/mol. The van der Waals surface area contributed by atoms with Crippen molar-refractivity contribution in [2.24, 2.45) is 0 Å². The van der Waals surface area contributed by atoms with E-state index in [0.717, 1.165) is 11.1 Å². The van der Waals surface area contributed by atoms with E-state index >= 15 is 0 Å². The second-order valence-electron chi connectivity index (χ2n) is 7.09. The van der Waals surface area contributed by atoms with Crippen LogP contribution in [0.1, 0.15) is 27.6 Å². The van der Waals surface area contributed by atoms with Crippen LogP contribution in [0.5, 0.6) is 11.5 Å². The summed E-state index contributed by atoms with van der Waals surface area (Å²) in [4.78, 5) is 26.9. The number of amides is 2. The molecule has 0 saturated heterocycles. The van der Waals surface area contributed by atoms with Crippen LogP contribution in [0.25, 0.3) is 0 Å². The normalized spacial score (nSPS) is 13.9. The Morgan fingerprint density at radius 3 is 2.42 bits per heavy atom. The second-order valence-corrected chi connectivity index (χ2v) is 7.09. The average molecular weight is 418 g/mol. The van der Waals surface area contributed by atoms with Gasteiger partial charge in [0.15, 0.2) is 0 Å². The van der Waals surface area contributed by atoms with Crippen LogP contribution in [0, 0.1) is 0 Å². The largest absolute Gasteiger partial charge is 0.491 e. The molecule has 1 aliphatic heterocycles. The smallest absolute Gasteiger partial charge is 0.274 e. The Balaban J connectivity index is 1.60. The maximum absolute atomic E-state index is 13.5. The summed E-state index contributed by atoms with van der Waals surface area (Å²) in [6, 6.07) is 23.5. The Morgan fingerprint density at radius 2 is 1.71 bits per heavy atom. The number of rotatable bonds is 5. The predicted octanol–water partition coefficient (Wildman–Crippen LogP) is 3.35. The van der Waals surface area contributed by atoms with Crippen molar-refractivity contribution in [3.8, 4) is 11.5 Å². The number of carbonyl (C=O) groups is 2. The van der Waals surface area contributed by atoms with Gasteiger partial charge in [0.2, 0.25) is 6.10 Å². The summed E-state index contributed by atoms with van der Waals surface area (Å²) in [5, 5.41) is 8.85. The van der Waals surface area contributed by atoms with Crippen molar-refractivity contribution in [3.63, 3.8) is 0 Å². The first kappa shape index (κ1) is 20.4. The summed E-state index contributed by atoms with van der Waals surface area (Å²) in [6.45, 7) is 0.961. The number of para-hydroxylation sites is 1. The third kappa shape index (κ3) is 4.67. The van der Waals surface area contributed by atoms with E-state index in [1.165, 1.54) is 0 Å². The summed E-state index contributed by atoms with van der Waals surface area (Å²) >= 11 is 0. The van der Waals surface area contributed by atoms with Gasteiger partial charge >= 0.3 is 0 Å². The lowest BCUT2D eigenvalue weighted by molar-refractivity contribution is -0.139. The van der Waals surface area contributed by atoms with E-state index in [-0.39, 0.29) is 18.1 Å². The molecule has 4 rings (SSSR count). The molecule has 158 valence electrons. The number of hydrogen-bond donors (Lipinski definition) is 2. The van der Waals surface area contributed by atoms with Crippen LogP contribution in [-0.4, -0.2) is 35.1 Å². The molecule has 0 saturated carbocycles. The molecule has 1 unspecified atom stereocenters. The molecule has 0 radical (unpaired) electrons. The summed E-state index contributed by atoms with van der Waals surface area (Å²) in [5.74, 6) is 0.320. The zero-order valence-corrected chi connectivity index (χ0v) is 16.7.